The topological polar surface area (TPSA) is 109 Å². The average Bonchev–Trinajstić information content (AvgIpc) is 2.37. The van der Waals surface area contributed by atoms with Crippen molar-refractivity contribution in [2.24, 2.45) is 17.6 Å². The summed E-state index contributed by atoms with van der Waals surface area (Å²) in [6.45, 7) is 4.69. The van der Waals surface area contributed by atoms with Gasteiger partial charge >= 0.3 is 5.97 Å². The lowest BCUT2D eigenvalue weighted by Crippen LogP contribution is -2.27. The quantitative estimate of drug-likeness (QED) is 0.469. The average molecular weight is 318 g/mol. The highest BCUT2D eigenvalue weighted by Gasteiger charge is 2.15. The summed E-state index contributed by atoms with van der Waals surface area (Å²) in [4.78, 5) is 32.7. The molecule has 0 fully saturated rings. The number of nitrogens with one attached hydrogen (secondary N) is 1. The first kappa shape index (κ1) is 19.8. The van der Waals surface area contributed by atoms with E-state index in [9.17, 15) is 14.4 Å². The number of thioether (sulfide) groups is 1. The minimum Gasteiger partial charge on any atom is -0.481 e. The van der Waals surface area contributed by atoms with E-state index in [0.29, 0.717) is 37.0 Å². The Morgan fingerprint density at radius 2 is 1.86 bits per heavy atom. The molecule has 0 aliphatic carbocycles. The number of carbonyl (C=O) groups excluding carboxylic acids is 2. The standard InChI is InChI=1S/C14H26N2O4S/c1-10(2)11(3-4-14(19)20)5-7-16-13(18)6-8-21-9-12(15)17/h10-11H,3-9H2,1-2H3,(H2,15,17)(H,16,18)(H,19,20). The zero-order valence-electron chi connectivity index (χ0n) is 12.8. The highest BCUT2D eigenvalue weighted by molar-refractivity contribution is 7.99. The highest BCUT2D eigenvalue weighted by Crippen LogP contribution is 2.20. The number of carboxylic acid groups (broad SMARTS) is 1. The van der Waals surface area contributed by atoms with Gasteiger partial charge in [-0.15, -0.1) is 0 Å². The van der Waals surface area contributed by atoms with Gasteiger partial charge in [-0.25, -0.2) is 0 Å². The molecule has 0 aliphatic rings. The summed E-state index contributed by atoms with van der Waals surface area (Å²) in [6, 6.07) is 0. The van der Waals surface area contributed by atoms with Crippen LogP contribution in [0.25, 0.3) is 0 Å². The predicted octanol–water partition coefficient (Wildman–Crippen LogP) is 1.24. The van der Waals surface area contributed by atoms with Crippen molar-refractivity contribution in [1.82, 2.24) is 5.32 Å². The van der Waals surface area contributed by atoms with Gasteiger partial charge in [-0.2, -0.15) is 11.8 Å². The second kappa shape index (κ2) is 11.4. The van der Waals surface area contributed by atoms with E-state index in [1.54, 1.807) is 0 Å². The summed E-state index contributed by atoms with van der Waals surface area (Å²) in [7, 11) is 0. The van der Waals surface area contributed by atoms with Crippen LogP contribution in [0.5, 0.6) is 0 Å². The van der Waals surface area contributed by atoms with E-state index in [-0.39, 0.29) is 24.0 Å². The number of carboxylic acids is 1. The summed E-state index contributed by atoms with van der Waals surface area (Å²) in [5.41, 5.74) is 5.00. The Kier molecular flexibility index (Phi) is 10.7. The molecule has 0 saturated heterocycles. The Labute approximate surface area is 130 Å². The van der Waals surface area contributed by atoms with E-state index in [0.717, 1.165) is 6.42 Å². The monoisotopic (exact) mass is 318 g/mol. The number of nitrogens with two attached hydrogens (primary N) is 1. The first-order chi connectivity index (χ1) is 9.82. The Morgan fingerprint density at radius 1 is 1.19 bits per heavy atom. The third kappa shape index (κ3) is 12.2. The van der Waals surface area contributed by atoms with Gasteiger partial charge < -0.3 is 16.2 Å². The summed E-state index contributed by atoms with van der Waals surface area (Å²) in [5, 5.41) is 11.5. The van der Waals surface area contributed by atoms with Crippen molar-refractivity contribution in [2.45, 2.75) is 39.5 Å². The predicted molar refractivity (Wildman–Crippen MR) is 84.0 cm³/mol. The third-order valence-electron chi connectivity index (χ3n) is 3.23. The van der Waals surface area contributed by atoms with Crippen LogP contribution in [0.3, 0.4) is 0 Å². The van der Waals surface area contributed by atoms with Gasteiger partial charge in [0.1, 0.15) is 0 Å². The largest absolute Gasteiger partial charge is 0.481 e. The number of primary amides is 1. The normalized spacial score (nSPS) is 12.1. The molecule has 0 saturated carbocycles. The smallest absolute Gasteiger partial charge is 0.303 e. The molecule has 2 amide bonds. The SMILES string of the molecule is CC(C)C(CCNC(=O)CCSCC(N)=O)CCC(=O)O. The molecule has 0 aromatic rings. The van der Waals surface area contributed by atoms with Crippen molar-refractivity contribution in [3.8, 4) is 0 Å². The first-order valence-corrected chi connectivity index (χ1v) is 8.33. The van der Waals surface area contributed by atoms with Gasteiger partial charge in [0.15, 0.2) is 0 Å². The van der Waals surface area contributed by atoms with E-state index in [4.69, 9.17) is 10.8 Å². The van der Waals surface area contributed by atoms with Gasteiger partial charge in [-0.3, -0.25) is 14.4 Å². The van der Waals surface area contributed by atoms with Crippen LogP contribution >= 0.6 is 11.8 Å². The fourth-order valence-electron chi connectivity index (χ4n) is 1.94. The van der Waals surface area contributed by atoms with Crippen molar-refractivity contribution in [3.63, 3.8) is 0 Å². The van der Waals surface area contributed by atoms with Crippen LogP contribution in [0.15, 0.2) is 0 Å². The van der Waals surface area contributed by atoms with Gasteiger partial charge in [0, 0.05) is 25.1 Å². The molecule has 122 valence electrons. The molecule has 0 aliphatic heterocycles. The molecule has 1 unspecified atom stereocenters. The number of carbonyl (C=O) groups is 3. The highest BCUT2D eigenvalue weighted by atomic mass is 32.2. The zero-order chi connectivity index (χ0) is 16.3. The fourth-order valence-corrected chi connectivity index (χ4v) is 2.62. The maximum atomic E-state index is 11.6. The number of hydrogen-bond donors (Lipinski definition) is 3. The van der Waals surface area contributed by atoms with Crippen molar-refractivity contribution >= 4 is 29.5 Å². The van der Waals surface area contributed by atoms with Crippen LogP contribution in [0.2, 0.25) is 0 Å². The fraction of sp³-hybridized carbons (Fsp3) is 0.786. The van der Waals surface area contributed by atoms with E-state index in [1.165, 1.54) is 11.8 Å². The second-order valence-corrected chi connectivity index (χ2v) is 6.45. The van der Waals surface area contributed by atoms with Crippen LogP contribution in [-0.4, -0.2) is 40.9 Å². The first-order valence-electron chi connectivity index (χ1n) is 7.17. The molecule has 1 atom stereocenters. The third-order valence-corrected chi connectivity index (χ3v) is 4.21. The second-order valence-electron chi connectivity index (χ2n) is 5.34. The van der Waals surface area contributed by atoms with Crippen molar-refractivity contribution in [3.05, 3.63) is 0 Å². The van der Waals surface area contributed by atoms with Crippen LogP contribution in [0.1, 0.15) is 39.5 Å². The van der Waals surface area contributed by atoms with Crippen molar-refractivity contribution in [2.75, 3.05) is 18.1 Å². The van der Waals surface area contributed by atoms with Gasteiger partial charge in [0.25, 0.3) is 0 Å². The van der Waals surface area contributed by atoms with E-state index in [1.807, 2.05) is 0 Å². The Balaban J connectivity index is 3.79. The van der Waals surface area contributed by atoms with Crippen LogP contribution in [0.4, 0.5) is 0 Å². The molecule has 0 radical (unpaired) electrons. The lowest BCUT2D eigenvalue weighted by molar-refractivity contribution is -0.137. The lowest BCUT2D eigenvalue weighted by atomic mass is 9.88. The number of hydrogen-bond acceptors (Lipinski definition) is 4. The molecule has 7 heteroatoms. The van der Waals surface area contributed by atoms with Crippen molar-refractivity contribution in [1.29, 1.82) is 0 Å². The lowest BCUT2D eigenvalue weighted by Gasteiger charge is -2.20. The van der Waals surface area contributed by atoms with Gasteiger partial charge in [-0.05, 0) is 24.7 Å². The molecule has 21 heavy (non-hydrogen) atoms. The minimum absolute atomic E-state index is 0.0484. The van der Waals surface area contributed by atoms with Crippen LogP contribution < -0.4 is 11.1 Å². The maximum absolute atomic E-state index is 11.6. The molecule has 0 rings (SSSR count). The Bertz CT molecular complexity index is 348. The molecular formula is C14H26N2O4S. The van der Waals surface area contributed by atoms with Gasteiger partial charge in [-0.1, -0.05) is 13.8 Å². The Morgan fingerprint density at radius 3 is 2.38 bits per heavy atom. The molecule has 0 aromatic carbocycles. The molecule has 0 heterocycles. The number of amides is 2. The van der Waals surface area contributed by atoms with E-state index < -0.39 is 5.97 Å². The number of aliphatic carboxylic acids is 1. The van der Waals surface area contributed by atoms with E-state index in [2.05, 4.69) is 19.2 Å². The summed E-state index contributed by atoms with van der Waals surface area (Å²) >= 11 is 1.35. The Hall–Kier alpha value is -1.24. The summed E-state index contributed by atoms with van der Waals surface area (Å²) < 4.78 is 0. The maximum Gasteiger partial charge on any atom is 0.303 e. The molecule has 0 aromatic heterocycles. The molecule has 4 N–H and O–H groups in total. The van der Waals surface area contributed by atoms with Crippen LogP contribution in [0, 0.1) is 11.8 Å². The summed E-state index contributed by atoms with van der Waals surface area (Å²) in [5.74, 6) is 0.291. The van der Waals surface area contributed by atoms with Gasteiger partial charge in [0.2, 0.25) is 11.8 Å². The summed E-state index contributed by atoms with van der Waals surface area (Å²) in [6.07, 6.45) is 1.95. The van der Waals surface area contributed by atoms with Gasteiger partial charge in [0.05, 0.1) is 5.75 Å². The molecule has 0 bridgehead atoms. The number of rotatable bonds is 12. The van der Waals surface area contributed by atoms with E-state index >= 15 is 0 Å². The van der Waals surface area contributed by atoms with Crippen LogP contribution in [-0.2, 0) is 14.4 Å². The zero-order valence-corrected chi connectivity index (χ0v) is 13.6. The molecule has 0 spiro atoms. The van der Waals surface area contributed by atoms with Crippen molar-refractivity contribution < 1.29 is 19.5 Å². The molecule has 6 nitrogen and oxygen atoms in total. The minimum atomic E-state index is -0.781. The molecular weight excluding hydrogens is 292 g/mol.